The number of fused-ring (bicyclic) bond motifs is 2. The number of nitrogens with one attached hydrogen (secondary N) is 2. The fourth-order valence-corrected chi connectivity index (χ4v) is 8.74. The van der Waals surface area contributed by atoms with Crippen LogP contribution in [0.25, 0.3) is 11.1 Å². The number of halogens is 2. The number of rotatable bonds is 11. The summed E-state index contributed by atoms with van der Waals surface area (Å²) in [6.07, 6.45) is 5.99. The number of amides is 2. The number of aliphatic hydroxyl groups is 1. The van der Waals surface area contributed by atoms with Crippen molar-refractivity contribution in [2.75, 3.05) is 43.4 Å². The van der Waals surface area contributed by atoms with E-state index in [1.165, 1.54) is 0 Å². The summed E-state index contributed by atoms with van der Waals surface area (Å²) in [4.78, 5) is 52.3. The lowest BCUT2D eigenvalue weighted by Crippen LogP contribution is -2.33. The Morgan fingerprint density at radius 1 is 0.759 bits per heavy atom. The summed E-state index contributed by atoms with van der Waals surface area (Å²) < 4.78 is 3.67. The zero-order valence-corrected chi connectivity index (χ0v) is 32.1. The summed E-state index contributed by atoms with van der Waals surface area (Å²) in [5.74, 6) is -0.526. The predicted molar refractivity (Wildman–Crippen MR) is 207 cm³/mol. The lowest BCUT2D eigenvalue weighted by molar-refractivity contribution is -0.143. The molecule has 4 N–H and O–H groups in total. The summed E-state index contributed by atoms with van der Waals surface area (Å²) in [6.45, 7) is 4.43. The van der Waals surface area contributed by atoms with Crippen molar-refractivity contribution >= 4 is 52.4 Å². The molecule has 13 nitrogen and oxygen atoms in total. The Labute approximate surface area is 324 Å². The van der Waals surface area contributed by atoms with Gasteiger partial charge in [-0.2, -0.15) is 0 Å². The maximum Gasteiger partial charge on any atom is 0.306 e. The third kappa shape index (κ3) is 7.78. The first-order valence-electron chi connectivity index (χ1n) is 18.6. The molecule has 1 saturated carbocycles. The molecule has 2 aliphatic heterocycles. The van der Waals surface area contributed by atoms with Gasteiger partial charge in [0.05, 0.1) is 45.3 Å². The number of anilines is 2. The van der Waals surface area contributed by atoms with E-state index in [0.717, 1.165) is 87.4 Å². The summed E-state index contributed by atoms with van der Waals surface area (Å²) in [5, 5.41) is 25.1. The summed E-state index contributed by atoms with van der Waals surface area (Å²) in [6, 6.07) is 10.6. The van der Waals surface area contributed by atoms with E-state index in [2.05, 4.69) is 25.4 Å². The fraction of sp³-hybridized carbons (Fsp3) is 0.462. The molecule has 2 aromatic carbocycles. The molecule has 0 unspecified atom stereocenters. The van der Waals surface area contributed by atoms with E-state index in [4.69, 9.17) is 28.2 Å². The molecular formula is C39H46Cl2N8O5. The number of β-amino-alcohol motifs (C(OH)–C–C–N with tert-alkyl or cyclic N) is 1. The van der Waals surface area contributed by atoms with Crippen LogP contribution in [0, 0.1) is 11.8 Å². The van der Waals surface area contributed by atoms with Crippen LogP contribution in [0.4, 0.5) is 11.4 Å². The van der Waals surface area contributed by atoms with Crippen LogP contribution in [0.3, 0.4) is 0 Å². The smallest absolute Gasteiger partial charge is 0.306 e. The molecule has 0 spiro atoms. The van der Waals surface area contributed by atoms with E-state index in [1.807, 2.05) is 29.3 Å². The molecule has 0 atom stereocenters. The Kier molecular flexibility index (Phi) is 11.4. The van der Waals surface area contributed by atoms with Gasteiger partial charge in [0.25, 0.3) is 11.8 Å². The number of benzene rings is 2. The molecule has 15 heteroatoms. The van der Waals surface area contributed by atoms with Crippen LogP contribution in [0.15, 0.2) is 36.4 Å². The van der Waals surface area contributed by atoms with Crippen molar-refractivity contribution in [3.05, 3.63) is 80.9 Å². The summed E-state index contributed by atoms with van der Waals surface area (Å²) in [5.41, 5.74) is 5.71. The van der Waals surface area contributed by atoms with Gasteiger partial charge >= 0.3 is 5.97 Å². The van der Waals surface area contributed by atoms with Crippen molar-refractivity contribution in [2.45, 2.75) is 58.0 Å². The lowest BCUT2D eigenvalue weighted by atomic mass is 9.80. The Morgan fingerprint density at radius 3 is 1.70 bits per heavy atom. The highest BCUT2D eigenvalue weighted by Crippen LogP contribution is 2.40. The number of carboxylic acid groups (broad SMARTS) is 1. The zero-order chi connectivity index (χ0) is 38.1. The topological polar surface area (TPSA) is 158 Å². The van der Waals surface area contributed by atoms with Gasteiger partial charge in [-0.3, -0.25) is 24.2 Å². The molecule has 7 rings (SSSR count). The second-order valence-corrected chi connectivity index (χ2v) is 15.4. The highest BCUT2D eigenvalue weighted by atomic mass is 35.5. The van der Waals surface area contributed by atoms with Crippen LogP contribution < -0.4 is 10.6 Å². The Hall–Kier alpha value is -4.27. The number of carbonyl (C=O) groups is 3. The number of aromatic nitrogens is 4. The maximum atomic E-state index is 13.7. The molecule has 3 aliphatic rings. The van der Waals surface area contributed by atoms with Gasteiger partial charge in [0.2, 0.25) is 0 Å². The number of carboxylic acids is 1. The molecule has 4 aromatic rings. The van der Waals surface area contributed by atoms with Gasteiger partial charge in [-0.15, -0.1) is 0 Å². The standard InChI is InChI=1S/C39H46Cl2N8O5/c1-46-31-14-17-48(16-13-23-9-11-24(12-10-23)39(53)54)21-29(31)42-35(46)37(51)44-27-7-3-5-25(33(27)40)26-6-4-8-28(34(26)41)45-38(52)36-43-30-22-49(19-20-50)18-15-32(30)47(36)2/h3-8,23-24,50H,9-22H2,1-2H3,(H,44,51)(H,45,52)(H,53,54)/t23-,24-. The normalized spacial score (nSPS) is 18.9. The van der Waals surface area contributed by atoms with Crippen LogP contribution in [0.1, 0.15) is 76.1 Å². The third-order valence-electron chi connectivity index (χ3n) is 11.3. The summed E-state index contributed by atoms with van der Waals surface area (Å²) in [7, 11) is 3.69. The molecule has 0 saturated heterocycles. The molecular weight excluding hydrogens is 731 g/mol. The van der Waals surface area contributed by atoms with Crippen molar-refractivity contribution in [3.8, 4) is 11.1 Å². The molecule has 4 heterocycles. The van der Waals surface area contributed by atoms with Crippen LogP contribution in [-0.2, 0) is 44.8 Å². The minimum Gasteiger partial charge on any atom is -0.481 e. The second-order valence-electron chi connectivity index (χ2n) is 14.6. The van der Waals surface area contributed by atoms with Gasteiger partial charge in [-0.05, 0) is 56.7 Å². The second kappa shape index (κ2) is 16.2. The molecule has 0 bridgehead atoms. The molecule has 2 aromatic heterocycles. The molecule has 0 radical (unpaired) electrons. The van der Waals surface area contributed by atoms with Gasteiger partial charge < -0.3 is 30.0 Å². The fourth-order valence-electron chi connectivity index (χ4n) is 8.19. The minimum absolute atomic E-state index is 0.0669. The predicted octanol–water partition coefficient (Wildman–Crippen LogP) is 5.62. The van der Waals surface area contributed by atoms with E-state index in [9.17, 15) is 24.6 Å². The number of nitrogens with zero attached hydrogens (tertiary/aromatic N) is 6. The molecule has 286 valence electrons. The largest absolute Gasteiger partial charge is 0.481 e. The van der Waals surface area contributed by atoms with E-state index < -0.39 is 11.9 Å². The zero-order valence-electron chi connectivity index (χ0n) is 30.6. The van der Waals surface area contributed by atoms with E-state index in [-0.39, 0.29) is 24.3 Å². The van der Waals surface area contributed by atoms with Crippen LogP contribution in [-0.4, -0.2) is 89.7 Å². The number of aliphatic hydroxyl groups excluding tert-OH is 1. The number of carbonyl (C=O) groups excluding carboxylic acids is 2. The highest BCUT2D eigenvalue weighted by Gasteiger charge is 2.30. The van der Waals surface area contributed by atoms with Crippen molar-refractivity contribution in [1.29, 1.82) is 0 Å². The first-order chi connectivity index (χ1) is 26.0. The lowest BCUT2D eigenvalue weighted by Gasteiger charge is -2.30. The van der Waals surface area contributed by atoms with Crippen molar-refractivity contribution < 1.29 is 24.6 Å². The third-order valence-corrected chi connectivity index (χ3v) is 12.1. The Morgan fingerprint density at radius 2 is 1.24 bits per heavy atom. The highest BCUT2D eigenvalue weighted by molar-refractivity contribution is 6.40. The van der Waals surface area contributed by atoms with E-state index >= 15 is 0 Å². The average Bonchev–Trinajstić information content (AvgIpc) is 3.68. The van der Waals surface area contributed by atoms with Gasteiger partial charge in [0.1, 0.15) is 0 Å². The van der Waals surface area contributed by atoms with Crippen molar-refractivity contribution in [3.63, 3.8) is 0 Å². The average molecular weight is 778 g/mol. The van der Waals surface area contributed by atoms with E-state index in [0.29, 0.717) is 63.9 Å². The molecule has 1 aliphatic carbocycles. The van der Waals surface area contributed by atoms with Gasteiger partial charge in [-0.1, -0.05) is 47.5 Å². The van der Waals surface area contributed by atoms with Crippen molar-refractivity contribution in [2.24, 2.45) is 25.9 Å². The first kappa shape index (κ1) is 38.0. The minimum atomic E-state index is -0.674. The Bertz CT molecular complexity index is 2070. The van der Waals surface area contributed by atoms with Crippen LogP contribution in [0.2, 0.25) is 10.0 Å². The summed E-state index contributed by atoms with van der Waals surface area (Å²) >= 11 is 13.9. The monoisotopic (exact) mass is 776 g/mol. The molecule has 1 fully saturated rings. The van der Waals surface area contributed by atoms with Gasteiger partial charge in [0.15, 0.2) is 11.6 Å². The van der Waals surface area contributed by atoms with E-state index in [1.54, 1.807) is 30.3 Å². The van der Waals surface area contributed by atoms with Gasteiger partial charge in [-0.25, -0.2) is 9.97 Å². The molecule has 2 amide bonds. The van der Waals surface area contributed by atoms with Crippen LogP contribution >= 0.6 is 23.2 Å². The number of aliphatic carboxylic acids is 1. The first-order valence-corrected chi connectivity index (χ1v) is 19.3. The molecule has 54 heavy (non-hydrogen) atoms. The van der Waals surface area contributed by atoms with Crippen LogP contribution in [0.5, 0.6) is 0 Å². The quantitative estimate of drug-likeness (QED) is 0.152. The number of hydrogen-bond donors (Lipinski definition) is 4. The van der Waals surface area contributed by atoms with Gasteiger partial charge in [0, 0.05) is 82.2 Å². The maximum absolute atomic E-state index is 13.7. The van der Waals surface area contributed by atoms with Crippen molar-refractivity contribution in [1.82, 2.24) is 28.9 Å². The number of imidazole rings is 2. The SMILES string of the molecule is Cn1c(C(=O)Nc2cccc(-c3cccc(NC(=O)c4nc5c(n4C)CCN(CC[C@H]4CC[C@H](C(=O)O)CC4)C5)c3Cl)c2Cl)nc2c1CCN(CCO)C2. The number of hydrogen-bond acceptors (Lipinski definition) is 8. The Balaban J connectivity index is 1.01.